The van der Waals surface area contributed by atoms with Gasteiger partial charge in [-0.1, -0.05) is 17.7 Å². The number of piperidine rings is 1. The highest BCUT2D eigenvalue weighted by molar-refractivity contribution is 6.31. The Kier molecular flexibility index (Phi) is 7.75. The number of aromatic nitrogens is 1. The number of aryl methyl sites for hydroxylation is 1. The van der Waals surface area contributed by atoms with E-state index in [1.54, 1.807) is 11.1 Å². The fourth-order valence-electron chi connectivity index (χ4n) is 3.12. The maximum atomic E-state index is 15.0. The molecule has 1 aromatic carbocycles. The van der Waals surface area contributed by atoms with Crippen molar-refractivity contribution in [2.24, 2.45) is 0 Å². The standard InChI is InChI=1S/C20H22ClF2N3O.ClH/c1-14-2-4-16(25-11-14)12-24-13-20(23)6-8-26(9-7-20)19(27)15-3-5-18(22)17(21)10-15;/h2-5,10-11,24H,6-9,12-13H2,1H3;1H. The van der Waals surface area contributed by atoms with Gasteiger partial charge >= 0.3 is 0 Å². The number of amides is 1. The molecule has 8 heteroatoms. The molecule has 2 aromatic rings. The van der Waals surface area contributed by atoms with Gasteiger partial charge in [0.2, 0.25) is 0 Å². The molecule has 0 spiro atoms. The topological polar surface area (TPSA) is 45.2 Å². The van der Waals surface area contributed by atoms with Crippen LogP contribution in [0.5, 0.6) is 0 Å². The molecule has 1 aliphatic rings. The summed E-state index contributed by atoms with van der Waals surface area (Å²) in [5.41, 5.74) is 0.906. The molecule has 1 aromatic heterocycles. The van der Waals surface area contributed by atoms with Gasteiger partial charge in [0.1, 0.15) is 11.5 Å². The first-order valence-electron chi connectivity index (χ1n) is 8.92. The first-order valence-corrected chi connectivity index (χ1v) is 9.30. The van der Waals surface area contributed by atoms with Gasteiger partial charge in [-0.05, 0) is 36.8 Å². The average Bonchev–Trinajstić information content (AvgIpc) is 2.66. The number of halogens is 4. The van der Waals surface area contributed by atoms with Crippen LogP contribution in [-0.2, 0) is 6.54 Å². The number of nitrogens with zero attached hydrogens (tertiary/aromatic N) is 2. The van der Waals surface area contributed by atoms with Gasteiger partial charge in [-0.15, -0.1) is 12.4 Å². The Labute approximate surface area is 174 Å². The van der Waals surface area contributed by atoms with Gasteiger partial charge in [0.05, 0.1) is 10.7 Å². The van der Waals surface area contributed by atoms with E-state index in [9.17, 15) is 9.18 Å². The van der Waals surface area contributed by atoms with E-state index in [1.807, 2.05) is 19.1 Å². The number of rotatable bonds is 5. The number of carbonyl (C=O) groups excluding carboxylic acids is 1. The first-order chi connectivity index (χ1) is 12.9. The van der Waals surface area contributed by atoms with Crippen molar-refractivity contribution in [3.63, 3.8) is 0 Å². The van der Waals surface area contributed by atoms with Gasteiger partial charge in [0, 0.05) is 50.8 Å². The SMILES string of the molecule is Cc1ccc(CNCC2(F)CCN(C(=O)c3ccc(F)c(Cl)c3)CC2)nc1.Cl. The molecule has 28 heavy (non-hydrogen) atoms. The van der Waals surface area contributed by atoms with Gasteiger partial charge in [0.15, 0.2) is 0 Å². The van der Waals surface area contributed by atoms with E-state index in [0.717, 1.165) is 11.3 Å². The number of likely N-dealkylation sites (tertiary alicyclic amines) is 1. The van der Waals surface area contributed by atoms with Crippen molar-refractivity contribution >= 4 is 29.9 Å². The molecule has 1 saturated heterocycles. The smallest absolute Gasteiger partial charge is 0.253 e. The molecule has 0 radical (unpaired) electrons. The Balaban J connectivity index is 0.00000280. The minimum absolute atomic E-state index is 0. The predicted octanol–water partition coefficient (Wildman–Crippen LogP) is 4.34. The molecule has 1 fully saturated rings. The van der Waals surface area contributed by atoms with E-state index in [1.165, 1.54) is 18.2 Å². The van der Waals surface area contributed by atoms with Crippen molar-refractivity contribution in [2.45, 2.75) is 32.0 Å². The summed E-state index contributed by atoms with van der Waals surface area (Å²) in [7, 11) is 0. The maximum Gasteiger partial charge on any atom is 0.253 e. The van der Waals surface area contributed by atoms with Crippen LogP contribution < -0.4 is 5.32 Å². The summed E-state index contributed by atoms with van der Waals surface area (Å²) in [6, 6.07) is 7.77. The molecule has 0 atom stereocenters. The van der Waals surface area contributed by atoms with Crippen molar-refractivity contribution in [3.05, 3.63) is 64.2 Å². The lowest BCUT2D eigenvalue weighted by Crippen LogP contribution is -2.48. The average molecular weight is 430 g/mol. The maximum absolute atomic E-state index is 15.0. The van der Waals surface area contributed by atoms with E-state index in [2.05, 4.69) is 10.3 Å². The molecule has 0 saturated carbocycles. The van der Waals surface area contributed by atoms with E-state index < -0.39 is 11.5 Å². The van der Waals surface area contributed by atoms with Gasteiger partial charge < -0.3 is 10.2 Å². The largest absolute Gasteiger partial charge is 0.338 e. The summed E-state index contributed by atoms with van der Waals surface area (Å²) in [6.45, 7) is 3.31. The summed E-state index contributed by atoms with van der Waals surface area (Å²) < 4.78 is 28.3. The Hall–Kier alpha value is -1.76. The van der Waals surface area contributed by atoms with Crippen molar-refractivity contribution in [1.82, 2.24) is 15.2 Å². The highest BCUT2D eigenvalue weighted by Gasteiger charge is 2.35. The number of alkyl halides is 1. The number of hydrogen-bond donors (Lipinski definition) is 1. The summed E-state index contributed by atoms with van der Waals surface area (Å²) in [4.78, 5) is 18.4. The van der Waals surface area contributed by atoms with E-state index in [4.69, 9.17) is 11.6 Å². The summed E-state index contributed by atoms with van der Waals surface area (Å²) in [5, 5.41) is 3.03. The van der Waals surface area contributed by atoms with Gasteiger partial charge in [-0.2, -0.15) is 0 Å². The second-order valence-electron chi connectivity index (χ2n) is 7.00. The molecule has 2 heterocycles. The fraction of sp³-hybridized carbons (Fsp3) is 0.400. The monoisotopic (exact) mass is 429 g/mol. The normalized spacial score (nSPS) is 15.8. The van der Waals surface area contributed by atoms with Gasteiger partial charge in [0.25, 0.3) is 5.91 Å². The molecule has 0 bridgehead atoms. The van der Waals surface area contributed by atoms with Crippen LogP contribution in [0.3, 0.4) is 0 Å². The fourth-order valence-corrected chi connectivity index (χ4v) is 3.30. The number of benzene rings is 1. The molecule has 0 unspecified atom stereocenters. The summed E-state index contributed by atoms with van der Waals surface area (Å²) >= 11 is 5.74. The molecule has 0 aliphatic carbocycles. The van der Waals surface area contributed by atoms with Crippen LogP contribution in [0.15, 0.2) is 36.5 Å². The highest BCUT2D eigenvalue weighted by atomic mass is 35.5. The molecule has 4 nitrogen and oxygen atoms in total. The van der Waals surface area contributed by atoms with Crippen molar-refractivity contribution < 1.29 is 13.6 Å². The second-order valence-corrected chi connectivity index (χ2v) is 7.41. The van der Waals surface area contributed by atoms with Gasteiger partial charge in [-0.3, -0.25) is 9.78 Å². The molecule has 1 aliphatic heterocycles. The Morgan fingerprint density at radius 1 is 1.29 bits per heavy atom. The lowest BCUT2D eigenvalue weighted by Gasteiger charge is -2.36. The van der Waals surface area contributed by atoms with Crippen LogP contribution in [0.1, 0.15) is 34.5 Å². The van der Waals surface area contributed by atoms with Crippen LogP contribution in [-0.4, -0.2) is 41.1 Å². The number of carbonyl (C=O) groups is 1. The number of pyridine rings is 1. The first kappa shape index (κ1) is 22.5. The molecule has 3 rings (SSSR count). The van der Waals surface area contributed by atoms with Crippen LogP contribution in [0.2, 0.25) is 5.02 Å². The van der Waals surface area contributed by atoms with Crippen LogP contribution in [0.4, 0.5) is 8.78 Å². The van der Waals surface area contributed by atoms with Crippen LogP contribution >= 0.6 is 24.0 Å². The third-order valence-electron chi connectivity index (χ3n) is 4.83. The molecular formula is C20H23Cl2F2N3O. The van der Waals surface area contributed by atoms with Crippen LogP contribution in [0, 0.1) is 12.7 Å². The minimum atomic E-state index is -1.36. The van der Waals surface area contributed by atoms with Crippen molar-refractivity contribution in [2.75, 3.05) is 19.6 Å². The quantitative estimate of drug-likeness (QED) is 0.768. The predicted molar refractivity (Wildman–Crippen MR) is 108 cm³/mol. The second kappa shape index (κ2) is 9.63. The number of nitrogens with one attached hydrogen (secondary N) is 1. The van der Waals surface area contributed by atoms with E-state index >= 15 is 4.39 Å². The van der Waals surface area contributed by atoms with E-state index in [-0.39, 0.29) is 42.7 Å². The number of hydrogen-bond acceptors (Lipinski definition) is 3. The molecule has 152 valence electrons. The van der Waals surface area contributed by atoms with E-state index in [0.29, 0.717) is 25.2 Å². The Morgan fingerprint density at radius 3 is 2.61 bits per heavy atom. The molecule has 1 amide bonds. The van der Waals surface area contributed by atoms with Crippen molar-refractivity contribution in [3.8, 4) is 0 Å². The Bertz CT molecular complexity index is 810. The Morgan fingerprint density at radius 2 is 2.00 bits per heavy atom. The summed E-state index contributed by atoms with van der Waals surface area (Å²) in [5.74, 6) is -0.820. The minimum Gasteiger partial charge on any atom is -0.338 e. The zero-order valence-electron chi connectivity index (χ0n) is 15.6. The molecular weight excluding hydrogens is 407 g/mol. The van der Waals surface area contributed by atoms with Crippen LogP contribution in [0.25, 0.3) is 0 Å². The molecule has 1 N–H and O–H groups in total. The lowest BCUT2D eigenvalue weighted by atomic mass is 9.92. The highest BCUT2D eigenvalue weighted by Crippen LogP contribution is 2.27. The zero-order chi connectivity index (χ0) is 19.4. The lowest BCUT2D eigenvalue weighted by molar-refractivity contribution is 0.0434. The third kappa shape index (κ3) is 5.63. The zero-order valence-corrected chi connectivity index (χ0v) is 17.1. The van der Waals surface area contributed by atoms with Crippen molar-refractivity contribution in [1.29, 1.82) is 0 Å². The third-order valence-corrected chi connectivity index (χ3v) is 5.12. The summed E-state index contributed by atoms with van der Waals surface area (Å²) in [6.07, 6.45) is 2.29. The van der Waals surface area contributed by atoms with Gasteiger partial charge in [-0.25, -0.2) is 8.78 Å².